The van der Waals surface area contributed by atoms with Gasteiger partial charge in [0.2, 0.25) is 0 Å². The molecule has 0 heterocycles. The maximum atomic E-state index is 11.3. The van der Waals surface area contributed by atoms with Crippen molar-refractivity contribution in [3.8, 4) is 12.3 Å². The van der Waals surface area contributed by atoms with E-state index in [1.54, 1.807) is 0 Å². The van der Waals surface area contributed by atoms with Crippen molar-refractivity contribution in [2.24, 2.45) is 0 Å². The topological polar surface area (TPSA) is 95.5 Å². The molecule has 0 unspecified atom stereocenters. The summed E-state index contributed by atoms with van der Waals surface area (Å²) in [4.78, 5) is 32.9. The Morgan fingerprint density at radius 1 is 1.25 bits per heavy atom. The molecule has 0 aromatic heterocycles. The lowest BCUT2D eigenvalue weighted by Gasteiger charge is -2.05. The van der Waals surface area contributed by atoms with Crippen LogP contribution in [-0.2, 0) is 9.59 Å². The van der Waals surface area contributed by atoms with Crippen molar-refractivity contribution in [2.45, 2.75) is 13.8 Å². The number of imide groups is 1. The zero-order chi connectivity index (χ0) is 12.7. The summed E-state index contributed by atoms with van der Waals surface area (Å²) in [6, 6.07) is -0.763. The van der Waals surface area contributed by atoms with Gasteiger partial charge in [-0.3, -0.25) is 10.1 Å². The first-order valence-corrected chi connectivity index (χ1v) is 4.33. The Morgan fingerprint density at radius 2 is 1.81 bits per heavy atom. The van der Waals surface area contributed by atoms with E-state index in [1.165, 1.54) is 13.8 Å². The van der Waals surface area contributed by atoms with Crippen LogP contribution in [0.5, 0.6) is 0 Å². The Bertz CT molecular complexity index is 390. The van der Waals surface area contributed by atoms with Crippen LogP contribution in [0.2, 0.25) is 0 Å². The molecule has 0 fully saturated rings. The first kappa shape index (κ1) is 13.7. The lowest BCUT2D eigenvalue weighted by Crippen LogP contribution is -2.40. The van der Waals surface area contributed by atoms with Crippen LogP contribution in [0.1, 0.15) is 13.8 Å². The Kier molecular flexibility index (Phi) is 5.35. The third kappa shape index (κ3) is 4.28. The summed E-state index contributed by atoms with van der Waals surface area (Å²) < 4.78 is 0. The van der Waals surface area contributed by atoms with E-state index >= 15 is 0 Å². The molecule has 3 N–H and O–H groups in total. The van der Waals surface area contributed by atoms with Gasteiger partial charge in [0.05, 0.1) is 6.54 Å². The molecule has 3 amide bonds. The van der Waals surface area contributed by atoms with Gasteiger partial charge >= 0.3 is 12.0 Å². The number of aliphatic carboxylic acids is 1. The van der Waals surface area contributed by atoms with E-state index in [-0.39, 0.29) is 17.7 Å². The maximum absolute atomic E-state index is 11.3. The fraction of sp³-hybridized carbons (Fsp3) is 0.300. The predicted octanol–water partition coefficient (Wildman–Crippen LogP) is -0.134. The molecule has 6 nitrogen and oxygen atoms in total. The minimum Gasteiger partial charge on any atom is -0.478 e. The normalized spacial score (nSPS) is 10.8. The number of carboxylic acids is 1. The predicted molar refractivity (Wildman–Crippen MR) is 56.4 cm³/mol. The highest BCUT2D eigenvalue weighted by Gasteiger charge is 2.14. The summed E-state index contributed by atoms with van der Waals surface area (Å²) >= 11 is 0. The van der Waals surface area contributed by atoms with Crippen molar-refractivity contribution in [1.29, 1.82) is 0 Å². The van der Waals surface area contributed by atoms with Crippen LogP contribution in [-0.4, -0.2) is 29.6 Å². The molecule has 0 rings (SSSR count). The minimum absolute atomic E-state index is 0.0141. The largest absolute Gasteiger partial charge is 0.478 e. The number of carbonyl (C=O) groups excluding carboxylic acids is 2. The third-order valence-corrected chi connectivity index (χ3v) is 1.80. The summed E-state index contributed by atoms with van der Waals surface area (Å²) in [5, 5.41) is 12.8. The van der Waals surface area contributed by atoms with Gasteiger partial charge in [0.15, 0.2) is 0 Å². The molecular formula is C10H12N2O4. The van der Waals surface area contributed by atoms with E-state index in [0.29, 0.717) is 0 Å². The van der Waals surface area contributed by atoms with Gasteiger partial charge in [-0.05, 0) is 13.8 Å². The summed E-state index contributed by atoms with van der Waals surface area (Å²) in [6.45, 7) is 2.57. The van der Waals surface area contributed by atoms with Crippen molar-refractivity contribution < 1.29 is 19.5 Å². The van der Waals surface area contributed by atoms with Crippen LogP contribution in [0, 0.1) is 12.3 Å². The van der Waals surface area contributed by atoms with E-state index in [2.05, 4.69) is 11.2 Å². The van der Waals surface area contributed by atoms with Crippen molar-refractivity contribution >= 4 is 17.9 Å². The van der Waals surface area contributed by atoms with E-state index in [4.69, 9.17) is 11.5 Å². The zero-order valence-electron chi connectivity index (χ0n) is 8.96. The molecule has 0 bridgehead atoms. The lowest BCUT2D eigenvalue weighted by atomic mass is 10.1. The average Bonchev–Trinajstić information content (AvgIpc) is 2.23. The molecule has 0 radical (unpaired) electrons. The smallest absolute Gasteiger partial charge is 0.331 e. The Labute approximate surface area is 92.7 Å². The monoisotopic (exact) mass is 224 g/mol. The molecule has 0 aliphatic heterocycles. The summed E-state index contributed by atoms with van der Waals surface area (Å²) in [5.74, 6) is 0.172. The highest BCUT2D eigenvalue weighted by molar-refractivity contribution is 6.07. The van der Waals surface area contributed by atoms with Gasteiger partial charge < -0.3 is 10.4 Å². The number of terminal acetylenes is 1. The van der Waals surface area contributed by atoms with E-state index in [9.17, 15) is 14.4 Å². The van der Waals surface area contributed by atoms with Gasteiger partial charge in [0.25, 0.3) is 5.91 Å². The number of hydrogen-bond donors (Lipinski definition) is 3. The second-order valence-corrected chi connectivity index (χ2v) is 2.90. The van der Waals surface area contributed by atoms with Crippen LogP contribution in [0.15, 0.2) is 11.1 Å². The molecule has 0 aliphatic rings. The SMILES string of the molecule is C#CCNC(=O)NC(=O)C(C)=C(C)C(=O)O. The number of hydrogen-bond acceptors (Lipinski definition) is 3. The van der Waals surface area contributed by atoms with Crippen LogP contribution in [0.3, 0.4) is 0 Å². The molecule has 0 atom stereocenters. The first-order chi connectivity index (χ1) is 7.40. The number of carboxylic acid groups (broad SMARTS) is 1. The van der Waals surface area contributed by atoms with Crippen LogP contribution >= 0.6 is 0 Å². The molecule has 0 aliphatic carbocycles. The van der Waals surface area contributed by atoms with E-state index < -0.39 is 17.9 Å². The molecular weight excluding hydrogens is 212 g/mol. The minimum atomic E-state index is -1.21. The number of amides is 3. The molecule has 86 valence electrons. The summed E-state index contributed by atoms with van der Waals surface area (Å²) in [6.07, 6.45) is 4.89. The Hall–Kier alpha value is -2.29. The fourth-order valence-corrected chi connectivity index (χ4v) is 0.703. The van der Waals surface area contributed by atoms with Gasteiger partial charge in [-0.15, -0.1) is 6.42 Å². The van der Waals surface area contributed by atoms with Gasteiger partial charge in [-0.25, -0.2) is 9.59 Å². The molecule has 6 heteroatoms. The second-order valence-electron chi connectivity index (χ2n) is 2.90. The number of carbonyl (C=O) groups is 3. The molecule has 0 aromatic rings. The molecule has 0 saturated carbocycles. The van der Waals surface area contributed by atoms with Crippen molar-refractivity contribution in [1.82, 2.24) is 10.6 Å². The second kappa shape index (κ2) is 6.24. The fourth-order valence-electron chi connectivity index (χ4n) is 0.703. The molecule has 0 saturated heterocycles. The van der Waals surface area contributed by atoms with Crippen molar-refractivity contribution in [3.63, 3.8) is 0 Å². The van der Waals surface area contributed by atoms with Crippen LogP contribution < -0.4 is 10.6 Å². The summed E-state index contributed by atoms with van der Waals surface area (Å²) in [5.41, 5.74) is -0.161. The van der Waals surface area contributed by atoms with Crippen molar-refractivity contribution in [2.75, 3.05) is 6.54 Å². The lowest BCUT2D eigenvalue weighted by molar-refractivity contribution is -0.133. The van der Waals surface area contributed by atoms with Crippen molar-refractivity contribution in [3.05, 3.63) is 11.1 Å². The highest BCUT2D eigenvalue weighted by atomic mass is 16.4. The number of nitrogens with one attached hydrogen (secondary N) is 2. The summed E-state index contributed by atoms with van der Waals surface area (Å²) in [7, 11) is 0. The van der Waals surface area contributed by atoms with E-state index in [1.807, 2.05) is 5.32 Å². The standard InChI is InChI=1S/C10H12N2O4/c1-4-5-11-10(16)12-8(13)6(2)7(3)9(14)15/h1H,5H2,2-3H3,(H,14,15)(H2,11,12,13,16). The average molecular weight is 224 g/mol. The first-order valence-electron chi connectivity index (χ1n) is 4.33. The number of rotatable bonds is 3. The third-order valence-electron chi connectivity index (χ3n) is 1.80. The van der Waals surface area contributed by atoms with E-state index in [0.717, 1.165) is 0 Å². The van der Waals surface area contributed by atoms with Gasteiger partial charge in [-0.2, -0.15) is 0 Å². The van der Waals surface area contributed by atoms with Crippen LogP contribution in [0.25, 0.3) is 0 Å². The molecule has 0 spiro atoms. The Morgan fingerprint density at radius 3 is 2.25 bits per heavy atom. The van der Waals surface area contributed by atoms with Gasteiger partial charge in [-0.1, -0.05) is 5.92 Å². The zero-order valence-corrected chi connectivity index (χ0v) is 8.96. The van der Waals surface area contributed by atoms with Gasteiger partial charge in [0, 0.05) is 11.1 Å². The number of urea groups is 1. The Balaban J connectivity index is 4.49. The molecule has 0 aromatic carbocycles. The molecule has 16 heavy (non-hydrogen) atoms. The quantitative estimate of drug-likeness (QED) is 0.459. The highest BCUT2D eigenvalue weighted by Crippen LogP contribution is 2.02. The van der Waals surface area contributed by atoms with Crippen LogP contribution in [0.4, 0.5) is 4.79 Å². The maximum Gasteiger partial charge on any atom is 0.331 e. The van der Waals surface area contributed by atoms with Gasteiger partial charge in [0.1, 0.15) is 0 Å².